The van der Waals surface area contributed by atoms with Gasteiger partial charge in [-0.1, -0.05) is 0 Å². The fourth-order valence-corrected chi connectivity index (χ4v) is 7.92. The minimum atomic E-state index is -1.94. The first-order chi connectivity index (χ1) is 7.97. The molecular weight excluding hydrogens is 311 g/mol. The van der Waals surface area contributed by atoms with E-state index in [-0.39, 0.29) is 0 Å². The molecule has 17 heavy (non-hydrogen) atoms. The van der Waals surface area contributed by atoms with Crippen molar-refractivity contribution in [2.45, 2.75) is 74.1 Å². The fourth-order valence-electron chi connectivity index (χ4n) is 2.00. The van der Waals surface area contributed by atoms with E-state index in [1.807, 2.05) is 0 Å². The van der Waals surface area contributed by atoms with E-state index < -0.39 is 18.4 Å². The van der Waals surface area contributed by atoms with E-state index in [1.165, 1.54) is 31.3 Å². The number of allylic oxidation sites excluding steroid dienone is 2. The Kier molecular flexibility index (Phi) is 9.14. The Morgan fingerprint density at radius 2 is 1.65 bits per heavy atom. The van der Waals surface area contributed by atoms with E-state index in [2.05, 4.69) is 47.4 Å². The Balaban J connectivity index is 5.09. The molecule has 0 saturated carbocycles. The zero-order chi connectivity index (χ0) is 13.3. The van der Waals surface area contributed by atoms with Crippen LogP contribution in [0.4, 0.5) is 0 Å². The van der Waals surface area contributed by atoms with Crippen LogP contribution in [0.15, 0.2) is 9.16 Å². The normalized spacial score (nSPS) is 12.8. The zero-order valence-electron chi connectivity index (χ0n) is 12.7. The van der Waals surface area contributed by atoms with Crippen molar-refractivity contribution in [3.8, 4) is 11.8 Å². The Morgan fingerprint density at radius 3 is 2.06 bits per heavy atom. The van der Waals surface area contributed by atoms with Gasteiger partial charge in [-0.25, -0.2) is 0 Å². The molecule has 0 aromatic heterocycles. The summed E-state index contributed by atoms with van der Waals surface area (Å²) < 4.78 is 1.78. The Morgan fingerprint density at radius 1 is 1.00 bits per heavy atom. The number of unbranched alkanes of at least 4 members (excludes halogenated alkanes) is 2. The first-order valence-corrected chi connectivity index (χ1v) is 17.2. The Hall–Kier alpha value is 0.0987. The molecule has 0 spiro atoms. The van der Waals surface area contributed by atoms with Crippen LogP contribution in [0.25, 0.3) is 0 Å². The second-order valence-corrected chi connectivity index (χ2v) is 20.3. The molecule has 98 valence electrons. The number of rotatable bonds is 6. The number of hydrogen-bond acceptors (Lipinski definition) is 0. The predicted molar refractivity (Wildman–Crippen MR) is 82.9 cm³/mol. The van der Waals surface area contributed by atoms with Crippen LogP contribution in [0, 0.1) is 11.8 Å². The van der Waals surface area contributed by atoms with Crippen LogP contribution in [0.2, 0.25) is 14.8 Å². The molecule has 0 saturated heterocycles. The third kappa shape index (κ3) is 7.19. The average molecular weight is 341 g/mol. The van der Waals surface area contributed by atoms with E-state index in [1.54, 1.807) is 3.59 Å². The van der Waals surface area contributed by atoms with Crippen molar-refractivity contribution >= 4 is 18.4 Å². The van der Waals surface area contributed by atoms with Crippen LogP contribution in [0.3, 0.4) is 0 Å². The fraction of sp³-hybridized carbons (Fsp3) is 0.750. The van der Waals surface area contributed by atoms with E-state index >= 15 is 0 Å². The summed E-state index contributed by atoms with van der Waals surface area (Å²) in [6.07, 6.45) is 7.29. The molecule has 1 heteroatoms. The van der Waals surface area contributed by atoms with E-state index in [4.69, 9.17) is 0 Å². The molecule has 0 amide bonds. The van der Waals surface area contributed by atoms with Crippen molar-refractivity contribution in [3.63, 3.8) is 0 Å². The van der Waals surface area contributed by atoms with Crippen LogP contribution in [0.5, 0.6) is 0 Å². The van der Waals surface area contributed by atoms with Gasteiger partial charge in [0.05, 0.1) is 0 Å². The molecule has 0 aliphatic carbocycles. The summed E-state index contributed by atoms with van der Waals surface area (Å²) >= 11 is -1.94. The van der Waals surface area contributed by atoms with Crippen LogP contribution in [-0.2, 0) is 0 Å². The molecule has 0 radical (unpaired) electrons. The summed E-state index contributed by atoms with van der Waals surface area (Å²) in [7, 11) is 0. The standard InChI is InChI=1S/C13H21.3CH3.Sn/c1-4-7-9-11-13(6-3)12-10-8-5-2;;;;/h4-9H2,1-3H3;3*1H3;. The maximum absolute atomic E-state index is 3.47. The van der Waals surface area contributed by atoms with Crippen molar-refractivity contribution in [1.29, 1.82) is 0 Å². The topological polar surface area (TPSA) is 0 Å². The van der Waals surface area contributed by atoms with Crippen LogP contribution in [0.1, 0.15) is 59.3 Å². The molecular formula is C16H30Sn. The summed E-state index contributed by atoms with van der Waals surface area (Å²) in [6.45, 7) is 6.74. The van der Waals surface area contributed by atoms with Crippen molar-refractivity contribution in [2.75, 3.05) is 0 Å². The number of hydrogen-bond donors (Lipinski definition) is 0. The maximum atomic E-state index is 3.47. The van der Waals surface area contributed by atoms with Gasteiger partial charge in [-0.15, -0.1) is 0 Å². The van der Waals surface area contributed by atoms with Crippen LogP contribution < -0.4 is 0 Å². The van der Waals surface area contributed by atoms with Crippen LogP contribution in [-0.4, -0.2) is 18.4 Å². The van der Waals surface area contributed by atoms with Crippen LogP contribution >= 0.6 is 0 Å². The van der Waals surface area contributed by atoms with Gasteiger partial charge >= 0.3 is 113 Å². The third-order valence-corrected chi connectivity index (χ3v) is 9.76. The molecule has 0 N–H and O–H groups in total. The molecule has 0 fully saturated rings. The second-order valence-electron chi connectivity index (χ2n) is 5.72. The van der Waals surface area contributed by atoms with Gasteiger partial charge in [0.15, 0.2) is 0 Å². The molecule has 0 aliphatic heterocycles. The zero-order valence-corrected chi connectivity index (χ0v) is 15.6. The quantitative estimate of drug-likeness (QED) is 0.438. The summed E-state index contributed by atoms with van der Waals surface area (Å²) in [5, 5.41) is 0. The van der Waals surface area contributed by atoms with Crippen molar-refractivity contribution in [3.05, 3.63) is 9.16 Å². The molecule has 0 atom stereocenters. The first kappa shape index (κ1) is 17.1. The van der Waals surface area contributed by atoms with Gasteiger partial charge < -0.3 is 0 Å². The van der Waals surface area contributed by atoms with E-state index in [9.17, 15) is 0 Å². The SMILES string of the molecule is CCCC#C/C(CC)=[C](/CCCC)[Sn]([CH3])([CH3])[CH3]. The predicted octanol–water partition coefficient (Wildman–Crippen LogP) is 5.56. The molecule has 0 bridgehead atoms. The van der Waals surface area contributed by atoms with Crippen molar-refractivity contribution < 1.29 is 0 Å². The molecule has 0 aromatic carbocycles. The van der Waals surface area contributed by atoms with E-state index in [0.717, 1.165) is 12.8 Å². The molecule has 0 nitrogen and oxygen atoms in total. The average Bonchev–Trinajstić information content (AvgIpc) is 2.25. The molecule has 0 rings (SSSR count). The van der Waals surface area contributed by atoms with Crippen molar-refractivity contribution in [2.24, 2.45) is 0 Å². The van der Waals surface area contributed by atoms with Gasteiger partial charge in [-0.05, 0) is 0 Å². The van der Waals surface area contributed by atoms with Gasteiger partial charge in [0.1, 0.15) is 0 Å². The summed E-state index contributed by atoms with van der Waals surface area (Å²) in [6, 6.07) is 0. The first-order valence-electron chi connectivity index (χ1n) is 7.18. The summed E-state index contributed by atoms with van der Waals surface area (Å²) in [4.78, 5) is 7.57. The molecule has 0 unspecified atom stereocenters. The minimum absolute atomic E-state index is 1.05. The molecule has 0 aromatic rings. The van der Waals surface area contributed by atoms with Crippen molar-refractivity contribution in [1.82, 2.24) is 0 Å². The monoisotopic (exact) mass is 342 g/mol. The Labute approximate surface area is 113 Å². The summed E-state index contributed by atoms with van der Waals surface area (Å²) in [5.74, 6) is 6.81. The van der Waals surface area contributed by atoms with Gasteiger partial charge in [-0.2, -0.15) is 0 Å². The van der Waals surface area contributed by atoms with Gasteiger partial charge in [0.25, 0.3) is 0 Å². The third-order valence-electron chi connectivity index (χ3n) is 3.02. The van der Waals surface area contributed by atoms with E-state index in [0.29, 0.717) is 0 Å². The summed E-state index contributed by atoms with van der Waals surface area (Å²) in [5.41, 5.74) is 1.48. The molecule has 0 aliphatic rings. The van der Waals surface area contributed by atoms with Gasteiger partial charge in [0, 0.05) is 0 Å². The molecule has 0 heterocycles. The second kappa shape index (κ2) is 9.09. The van der Waals surface area contributed by atoms with Gasteiger partial charge in [0.2, 0.25) is 0 Å². The Bertz CT molecular complexity index is 294. The van der Waals surface area contributed by atoms with Gasteiger partial charge in [-0.3, -0.25) is 0 Å².